The van der Waals surface area contributed by atoms with Crippen LogP contribution < -0.4 is 10.6 Å². The van der Waals surface area contributed by atoms with Gasteiger partial charge in [-0.25, -0.2) is 4.79 Å². The van der Waals surface area contributed by atoms with Gasteiger partial charge in [0.2, 0.25) is 0 Å². The minimum absolute atomic E-state index is 0.0255. The minimum Gasteiger partial charge on any atom is -0.392 e. The zero-order valence-electron chi connectivity index (χ0n) is 15.9. The maximum absolute atomic E-state index is 12.5. The molecule has 0 spiro atoms. The van der Waals surface area contributed by atoms with Crippen LogP contribution >= 0.6 is 0 Å². The average Bonchev–Trinajstić information content (AvgIpc) is 2.91. The van der Waals surface area contributed by atoms with Crippen molar-refractivity contribution in [1.29, 1.82) is 0 Å². The number of amides is 4. The Morgan fingerprint density at radius 2 is 1.64 bits per heavy atom. The summed E-state index contributed by atoms with van der Waals surface area (Å²) in [7, 11) is 0. The predicted octanol–water partition coefficient (Wildman–Crippen LogP) is 2.75. The molecule has 3 N–H and O–H groups in total. The summed E-state index contributed by atoms with van der Waals surface area (Å²) in [6.07, 6.45) is 0. The number of urea groups is 1. The van der Waals surface area contributed by atoms with Crippen molar-refractivity contribution in [1.82, 2.24) is 10.2 Å². The minimum atomic E-state index is -0.415. The number of benzene rings is 2. The first-order valence-electron chi connectivity index (χ1n) is 9.13. The van der Waals surface area contributed by atoms with Gasteiger partial charge < -0.3 is 15.7 Å². The maximum Gasteiger partial charge on any atom is 0.319 e. The molecule has 28 heavy (non-hydrogen) atoms. The topological polar surface area (TPSA) is 98.7 Å². The van der Waals surface area contributed by atoms with Crippen molar-refractivity contribution in [2.45, 2.75) is 27.0 Å². The van der Waals surface area contributed by atoms with E-state index in [1.807, 2.05) is 26.0 Å². The van der Waals surface area contributed by atoms with Crippen LogP contribution in [0.3, 0.4) is 0 Å². The van der Waals surface area contributed by atoms with Gasteiger partial charge in [-0.3, -0.25) is 14.5 Å². The lowest BCUT2D eigenvalue weighted by Crippen LogP contribution is -2.33. The van der Waals surface area contributed by atoms with Gasteiger partial charge in [0, 0.05) is 18.8 Å². The van der Waals surface area contributed by atoms with Crippen LogP contribution in [0, 0.1) is 5.92 Å². The smallest absolute Gasteiger partial charge is 0.319 e. The molecular weight excluding hydrogens is 358 g/mol. The number of aliphatic hydroxyl groups is 1. The fourth-order valence-electron chi connectivity index (χ4n) is 3.02. The molecule has 7 heteroatoms. The third-order valence-corrected chi connectivity index (χ3v) is 4.43. The van der Waals surface area contributed by atoms with Crippen LogP contribution in [0.25, 0.3) is 0 Å². The zero-order valence-corrected chi connectivity index (χ0v) is 15.9. The molecule has 0 aromatic heterocycles. The summed E-state index contributed by atoms with van der Waals surface area (Å²) in [6, 6.07) is 11.5. The van der Waals surface area contributed by atoms with Crippen molar-refractivity contribution in [2.75, 3.05) is 11.9 Å². The highest BCUT2D eigenvalue weighted by Crippen LogP contribution is 2.26. The number of carbonyl (C=O) groups excluding carboxylic acids is 3. The van der Waals surface area contributed by atoms with Gasteiger partial charge in [-0.1, -0.05) is 38.1 Å². The molecule has 3 rings (SSSR count). The molecule has 0 fully saturated rings. The molecule has 0 bridgehead atoms. The summed E-state index contributed by atoms with van der Waals surface area (Å²) >= 11 is 0. The van der Waals surface area contributed by atoms with Crippen molar-refractivity contribution in [3.05, 3.63) is 64.7 Å². The highest BCUT2D eigenvalue weighted by Gasteiger charge is 2.35. The summed E-state index contributed by atoms with van der Waals surface area (Å²) in [4.78, 5) is 38.3. The number of rotatable bonds is 6. The van der Waals surface area contributed by atoms with E-state index >= 15 is 0 Å². The molecule has 146 valence electrons. The second kappa shape index (κ2) is 8.22. The zero-order chi connectivity index (χ0) is 20.3. The first-order chi connectivity index (χ1) is 13.4. The number of hydrogen-bond donors (Lipinski definition) is 3. The van der Waals surface area contributed by atoms with Crippen LogP contribution in [0.5, 0.6) is 0 Å². The highest BCUT2D eigenvalue weighted by molar-refractivity contribution is 6.21. The Morgan fingerprint density at radius 1 is 1.00 bits per heavy atom. The molecule has 1 aliphatic rings. The second-order valence-electron chi connectivity index (χ2n) is 7.16. The SMILES string of the molecule is CC(C)CN1C(=O)c2ccc(NC(=O)NCc3ccc(CO)cc3)cc2C1=O. The molecule has 7 nitrogen and oxygen atoms in total. The Kier molecular flexibility index (Phi) is 5.75. The van der Waals surface area contributed by atoms with Crippen LogP contribution in [0.2, 0.25) is 0 Å². The van der Waals surface area contributed by atoms with Crippen molar-refractivity contribution in [3.63, 3.8) is 0 Å². The summed E-state index contributed by atoms with van der Waals surface area (Å²) in [5, 5.41) is 14.5. The molecule has 2 aromatic carbocycles. The number of nitrogens with zero attached hydrogens (tertiary/aromatic N) is 1. The molecule has 2 aromatic rings. The van der Waals surface area contributed by atoms with E-state index in [2.05, 4.69) is 10.6 Å². The quantitative estimate of drug-likeness (QED) is 0.670. The molecule has 1 aliphatic heterocycles. The van der Waals surface area contributed by atoms with Gasteiger partial charge in [0.1, 0.15) is 0 Å². The first kappa shape index (κ1) is 19.6. The van der Waals surface area contributed by atoms with Crippen LogP contribution in [-0.2, 0) is 13.2 Å². The lowest BCUT2D eigenvalue weighted by atomic mass is 10.1. The predicted molar refractivity (Wildman–Crippen MR) is 105 cm³/mol. The van der Waals surface area contributed by atoms with Crippen molar-refractivity contribution in [2.24, 2.45) is 5.92 Å². The largest absolute Gasteiger partial charge is 0.392 e. The summed E-state index contributed by atoms with van der Waals surface area (Å²) in [5.41, 5.74) is 2.81. The number of fused-ring (bicyclic) bond motifs is 1. The third-order valence-electron chi connectivity index (χ3n) is 4.43. The fraction of sp³-hybridized carbons (Fsp3) is 0.286. The van der Waals surface area contributed by atoms with E-state index in [0.717, 1.165) is 11.1 Å². The second-order valence-corrected chi connectivity index (χ2v) is 7.16. The number of imide groups is 1. The monoisotopic (exact) mass is 381 g/mol. The van der Waals surface area contributed by atoms with Crippen LogP contribution in [0.15, 0.2) is 42.5 Å². The van der Waals surface area contributed by atoms with E-state index in [9.17, 15) is 14.4 Å². The van der Waals surface area contributed by atoms with Gasteiger partial charge >= 0.3 is 6.03 Å². The highest BCUT2D eigenvalue weighted by atomic mass is 16.3. The van der Waals surface area contributed by atoms with Crippen molar-refractivity contribution in [3.8, 4) is 0 Å². The van der Waals surface area contributed by atoms with E-state index in [1.54, 1.807) is 24.3 Å². The lowest BCUT2D eigenvalue weighted by Gasteiger charge is -2.15. The van der Waals surface area contributed by atoms with E-state index in [-0.39, 0.29) is 24.3 Å². The molecule has 4 amide bonds. The molecule has 0 aliphatic carbocycles. The normalized spacial score (nSPS) is 13.1. The summed E-state index contributed by atoms with van der Waals surface area (Å²) in [6.45, 7) is 4.55. The Balaban J connectivity index is 1.63. The standard InChI is InChI=1S/C21H23N3O4/c1-13(2)11-24-19(26)17-8-7-16(9-18(17)20(24)27)23-21(28)22-10-14-3-5-15(12-25)6-4-14/h3-9,13,25H,10-12H2,1-2H3,(H2,22,23,28). The van der Waals surface area contributed by atoms with Crippen LogP contribution in [0.4, 0.5) is 10.5 Å². The fourth-order valence-corrected chi connectivity index (χ4v) is 3.02. The Hall–Kier alpha value is -3.19. The molecule has 0 atom stereocenters. The molecule has 0 saturated heterocycles. The van der Waals surface area contributed by atoms with Gasteiger partial charge in [-0.2, -0.15) is 0 Å². The van der Waals surface area contributed by atoms with Gasteiger partial charge in [0.25, 0.3) is 11.8 Å². The number of nitrogens with one attached hydrogen (secondary N) is 2. The van der Waals surface area contributed by atoms with Gasteiger partial charge in [0.05, 0.1) is 17.7 Å². The summed E-state index contributed by atoms with van der Waals surface area (Å²) in [5.74, 6) is -0.449. The Bertz CT molecular complexity index is 906. The van der Waals surface area contributed by atoms with Gasteiger partial charge in [-0.15, -0.1) is 0 Å². The molecule has 1 heterocycles. The van der Waals surface area contributed by atoms with Gasteiger partial charge in [0.15, 0.2) is 0 Å². The lowest BCUT2D eigenvalue weighted by molar-refractivity contribution is 0.0636. The molecule has 0 unspecified atom stereocenters. The van der Waals surface area contributed by atoms with E-state index in [4.69, 9.17) is 5.11 Å². The Morgan fingerprint density at radius 3 is 2.29 bits per heavy atom. The number of carbonyl (C=O) groups is 3. The first-order valence-corrected chi connectivity index (χ1v) is 9.13. The molecule has 0 radical (unpaired) electrons. The van der Waals surface area contributed by atoms with E-state index in [1.165, 1.54) is 11.0 Å². The third kappa shape index (κ3) is 4.20. The van der Waals surface area contributed by atoms with Crippen LogP contribution in [0.1, 0.15) is 45.7 Å². The van der Waals surface area contributed by atoms with E-state index in [0.29, 0.717) is 29.9 Å². The van der Waals surface area contributed by atoms with Crippen molar-refractivity contribution < 1.29 is 19.5 Å². The maximum atomic E-state index is 12.5. The molecule has 0 saturated carbocycles. The number of anilines is 1. The van der Waals surface area contributed by atoms with Gasteiger partial charge in [-0.05, 0) is 35.2 Å². The number of hydrogen-bond acceptors (Lipinski definition) is 4. The van der Waals surface area contributed by atoms with E-state index < -0.39 is 6.03 Å². The van der Waals surface area contributed by atoms with Crippen molar-refractivity contribution >= 4 is 23.5 Å². The Labute approximate surface area is 163 Å². The summed E-state index contributed by atoms with van der Waals surface area (Å²) < 4.78 is 0. The van der Waals surface area contributed by atoms with Crippen LogP contribution in [-0.4, -0.2) is 34.4 Å². The number of aliphatic hydroxyl groups excluding tert-OH is 1. The molecular formula is C21H23N3O4. The average molecular weight is 381 g/mol.